The monoisotopic (exact) mass is 437 g/mol. The molecule has 9 heteroatoms. The van der Waals surface area contributed by atoms with Crippen LogP contribution in [0.2, 0.25) is 0 Å². The van der Waals surface area contributed by atoms with Crippen molar-refractivity contribution in [1.29, 1.82) is 0 Å². The summed E-state index contributed by atoms with van der Waals surface area (Å²) < 4.78 is 54.5. The van der Waals surface area contributed by atoms with Gasteiger partial charge in [0.15, 0.2) is 0 Å². The molecule has 2 aromatic rings. The van der Waals surface area contributed by atoms with Gasteiger partial charge >= 0.3 is 0 Å². The molecule has 1 unspecified atom stereocenters. The summed E-state index contributed by atoms with van der Waals surface area (Å²) in [7, 11) is -3.62. The molecule has 1 aliphatic heterocycles. The predicted octanol–water partition coefficient (Wildman–Crippen LogP) is 2.92. The number of halogens is 2. The van der Waals surface area contributed by atoms with E-state index in [9.17, 15) is 22.0 Å². The van der Waals surface area contributed by atoms with Gasteiger partial charge in [-0.2, -0.15) is 4.31 Å². The fourth-order valence-corrected chi connectivity index (χ4v) is 5.18. The second kappa shape index (κ2) is 8.79. The van der Waals surface area contributed by atoms with Crippen LogP contribution in [0, 0.1) is 25.5 Å². The van der Waals surface area contributed by atoms with Crippen LogP contribution >= 0.6 is 0 Å². The average Bonchev–Trinajstić information content (AvgIpc) is 2.70. The maximum atomic E-state index is 13.8. The van der Waals surface area contributed by atoms with Gasteiger partial charge in [0.1, 0.15) is 11.6 Å². The largest absolute Gasteiger partial charge is 0.322 e. The minimum absolute atomic E-state index is 0.220. The van der Waals surface area contributed by atoms with Crippen LogP contribution in [0.3, 0.4) is 0 Å². The van der Waals surface area contributed by atoms with E-state index in [0.717, 1.165) is 23.8 Å². The third kappa shape index (κ3) is 4.69. The summed E-state index contributed by atoms with van der Waals surface area (Å²) in [6.45, 7) is 6.51. The number of carbonyl (C=O) groups is 1. The number of amides is 1. The molecule has 0 saturated carbocycles. The number of carbonyl (C=O) groups excluding carboxylic acids is 1. The highest BCUT2D eigenvalue weighted by Crippen LogP contribution is 2.23. The van der Waals surface area contributed by atoms with E-state index in [2.05, 4.69) is 5.32 Å². The molecule has 1 amide bonds. The molecule has 0 radical (unpaired) electrons. The molecule has 0 aromatic heterocycles. The Morgan fingerprint density at radius 3 is 2.33 bits per heavy atom. The third-order valence-corrected chi connectivity index (χ3v) is 7.39. The maximum absolute atomic E-state index is 13.8. The van der Waals surface area contributed by atoms with E-state index in [0.29, 0.717) is 18.7 Å². The Hall–Kier alpha value is -2.36. The van der Waals surface area contributed by atoms with Crippen LogP contribution < -0.4 is 5.32 Å². The van der Waals surface area contributed by atoms with Crippen molar-refractivity contribution in [3.63, 3.8) is 0 Å². The number of hydrogen-bond donors (Lipinski definition) is 1. The number of rotatable bonds is 5. The van der Waals surface area contributed by atoms with E-state index in [-0.39, 0.29) is 23.7 Å². The minimum Gasteiger partial charge on any atom is -0.322 e. The highest BCUT2D eigenvalue weighted by atomic mass is 32.2. The Morgan fingerprint density at radius 1 is 1.03 bits per heavy atom. The Morgan fingerprint density at radius 2 is 1.70 bits per heavy atom. The van der Waals surface area contributed by atoms with Crippen LogP contribution in [0.1, 0.15) is 18.1 Å². The highest BCUT2D eigenvalue weighted by Gasteiger charge is 2.32. The molecule has 1 aliphatic rings. The normalized spacial score (nSPS) is 17.0. The van der Waals surface area contributed by atoms with Crippen molar-refractivity contribution in [2.45, 2.75) is 31.7 Å². The van der Waals surface area contributed by atoms with Crippen molar-refractivity contribution in [3.05, 3.63) is 59.2 Å². The average molecular weight is 438 g/mol. The molecule has 0 spiro atoms. The van der Waals surface area contributed by atoms with Crippen LogP contribution in [0.5, 0.6) is 0 Å². The molecule has 3 rings (SSSR count). The van der Waals surface area contributed by atoms with Gasteiger partial charge in [0.25, 0.3) is 0 Å². The van der Waals surface area contributed by atoms with E-state index < -0.39 is 33.6 Å². The number of piperazine rings is 1. The number of benzene rings is 2. The minimum atomic E-state index is -3.62. The molecule has 0 aliphatic carbocycles. The Bertz CT molecular complexity index is 1050. The summed E-state index contributed by atoms with van der Waals surface area (Å²) in [5, 5.41) is 2.40. The summed E-state index contributed by atoms with van der Waals surface area (Å²) in [5.41, 5.74) is 1.47. The molecule has 6 nitrogen and oxygen atoms in total. The van der Waals surface area contributed by atoms with E-state index >= 15 is 0 Å². The van der Waals surface area contributed by atoms with Crippen molar-refractivity contribution in [2.24, 2.45) is 0 Å². The lowest BCUT2D eigenvalue weighted by Crippen LogP contribution is -2.54. The van der Waals surface area contributed by atoms with Gasteiger partial charge in [-0.1, -0.05) is 17.7 Å². The molecule has 1 N–H and O–H groups in total. The van der Waals surface area contributed by atoms with Crippen molar-refractivity contribution in [2.75, 3.05) is 31.5 Å². The Kier molecular flexibility index (Phi) is 6.54. The quantitative estimate of drug-likeness (QED) is 0.781. The zero-order valence-corrected chi connectivity index (χ0v) is 18.0. The smallest absolute Gasteiger partial charge is 0.243 e. The Balaban J connectivity index is 1.64. The van der Waals surface area contributed by atoms with Gasteiger partial charge in [-0.05, 0) is 44.5 Å². The number of hydrogen-bond acceptors (Lipinski definition) is 4. The molecule has 1 atom stereocenters. The number of sulfonamides is 1. The predicted molar refractivity (Wildman–Crippen MR) is 111 cm³/mol. The summed E-state index contributed by atoms with van der Waals surface area (Å²) >= 11 is 0. The summed E-state index contributed by atoms with van der Waals surface area (Å²) in [4.78, 5) is 14.6. The Labute approximate surface area is 175 Å². The molecular weight excluding hydrogens is 412 g/mol. The molecule has 1 saturated heterocycles. The first-order valence-electron chi connectivity index (χ1n) is 9.67. The van der Waals surface area contributed by atoms with Gasteiger partial charge in [0, 0.05) is 32.2 Å². The first-order valence-corrected chi connectivity index (χ1v) is 11.1. The fourth-order valence-electron chi connectivity index (χ4n) is 3.56. The number of anilines is 1. The number of nitrogens with zero attached hydrogens (tertiary/aromatic N) is 2. The lowest BCUT2D eigenvalue weighted by Gasteiger charge is -2.36. The SMILES string of the molecule is Cc1ccc(S(=O)(=O)N2CCN(C(C)C(=O)Nc3cc(F)ccc3F)CC2)c(C)c1. The molecule has 2 aromatic carbocycles. The molecule has 162 valence electrons. The van der Waals surface area contributed by atoms with Gasteiger partial charge in [0.05, 0.1) is 16.6 Å². The van der Waals surface area contributed by atoms with E-state index in [4.69, 9.17) is 0 Å². The van der Waals surface area contributed by atoms with E-state index in [1.54, 1.807) is 26.0 Å². The van der Waals surface area contributed by atoms with Crippen molar-refractivity contribution in [1.82, 2.24) is 9.21 Å². The lowest BCUT2D eigenvalue weighted by atomic mass is 10.2. The van der Waals surface area contributed by atoms with E-state index in [1.165, 1.54) is 4.31 Å². The molecule has 30 heavy (non-hydrogen) atoms. The van der Waals surface area contributed by atoms with Crippen LogP contribution in [-0.4, -0.2) is 55.8 Å². The van der Waals surface area contributed by atoms with Gasteiger partial charge in [-0.3, -0.25) is 9.69 Å². The summed E-state index contributed by atoms with van der Waals surface area (Å²) in [6.07, 6.45) is 0. The zero-order chi connectivity index (χ0) is 22.1. The molecular formula is C21H25F2N3O3S. The van der Waals surface area contributed by atoms with Crippen LogP contribution in [0.4, 0.5) is 14.5 Å². The fraction of sp³-hybridized carbons (Fsp3) is 0.381. The third-order valence-electron chi connectivity index (χ3n) is 5.33. The van der Waals surface area contributed by atoms with Gasteiger partial charge < -0.3 is 5.32 Å². The number of nitrogens with one attached hydrogen (secondary N) is 1. The van der Waals surface area contributed by atoms with E-state index in [1.807, 2.05) is 17.9 Å². The molecule has 0 bridgehead atoms. The second-order valence-electron chi connectivity index (χ2n) is 7.50. The second-order valence-corrected chi connectivity index (χ2v) is 9.40. The highest BCUT2D eigenvalue weighted by molar-refractivity contribution is 7.89. The topological polar surface area (TPSA) is 69.7 Å². The van der Waals surface area contributed by atoms with Crippen LogP contribution in [-0.2, 0) is 14.8 Å². The maximum Gasteiger partial charge on any atom is 0.243 e. The van der Waals surface area contributed by atoms with Crippen molar-refractivity contribution >= 4 is 21.6 Å². The van der Waals surface area contributed by atoms with Gasteiger partial charge in [-0.15, -0.1) is 0 Å². The van der Waals surface area contributed by atoms with Crippen LogP contribution in [0.25, 0.3) is 0 Å². The molecule has 1 heterocycles. The standard InChI is InChI=1S/C21H25F2N3O3S/c1-14-4-7-20(15(2)12-14)30(28,29)26-10-8-25(9-11-26)16(3)21(27)24-19-13-17(22)5-6-18(19)23/h4-7,12-13,16H,8-11H2,1-3H3,(H,24,27). The number of aryl methyl sites for hydroxylation is 2. The summed E-state index contributed by atoms with van der Waals surface area (Å²) in [5.74, 6) is -1.85. The lowest BCUT2D eigenvalue weighted by molar-refractivity contribution is -0.121. The zero-order valence-electron chi connectivity index (χ0n) is 17.2. The first-order chi connectivity index (χ1) is 14.1. The van der Waals surface area contributed by atoms with Crippen molar-refractivity contribution < 1.29 is 22.0 Å². The summed E-state index contributed by atoms with van der Waals surface area (Å²) in [6, 6.07) is 7.45. The van der Waals surface area contributed by atoms with Crippen LogP contribution in [0.15, 0.2) is 41.3 Å². The first kappa shape index (κ1) is 22.3. The van der Waals surface area contributed by atoms with Crippen molar-refractivity contribution in [3.8, 4) is 0 Å². The van der Waals surface area contributed by atoms with Gasteiger partial charge in [0.2, 0.25) is 15.9 Å². The van der Waals surface area contributed by atoms with Gasteiger partial charge in [-0.25, -0.2) is 17.2 Å². The molecule has 1 fully saturated rings.